The molecule has 4 heteroatoms. The number of hydrogen-bond donors (Lipinski definition) is 1. The Bertz CT molecular complexity index is 673. The molecule has 0 amide bonds. The van der Waals surface area contributed by atoms with E-state index in [4.69, 9.17) is 9.47 Å². The number of hydrogen-bond acceptors (Lipinski definition) is 3. The molecule has 1 aromatic carbocycles. The maximum atomic E-state index is 12.4. The first-order chi connectivity index (χ1) is 8.74. The minimum absolute atomic E-state index is 0.105. The van der Waals surface area contributed by atoms with Crippen molar-refractivity contribution in [3.05, 3.63) is 33.6 Å². The zero-order valence-electron chi connectivity index (χ0n) is 10.5. The number of ether oxygens (including phenoxy) is 2. The fourth-order valence-corrected chi connectivity index (χ4v) is 2.62. The molecule has 0 unspecified atom stereocenters. The Balaban J connectivity index is 2.42. The van der Waals surface area contributed by atoms with Crippen molar-refractivity contribution in [2.24, 2.45) is 0 Å². The molecule has 94 valence electrons. The average molecular weight is 245 g/mol. The number of aryl methyl sites for hydroxylation is 1. The summed E-state index contributed by atoms with van der Waals surface area (Å²) in [4.78, 5) is 15.8. The van der Waals surface area contributed by atoms with Crippen LogP contribution in [0.5, 0.6) is 11.5 Å². The van der Waals surface area contributed by atoms with Crippen LogP contribution in [0.4, 0.5) is 0 Å². The summed E-state index contributed by atoms with van der Waals surface area (Å²) in [5, 5.41) is 0.645. The van der Waals surface area contributed by atoms with E-state index in [0.29, 0.717) is 16.9 Å². The fraction of sp³-hybridized carbons (Fsp3) is 0.357. The van der Waals surface area contributed by atoms with Gasteiger partial charge in [-0.25, -0.2) is 0 Å². The summed E-state index contributed by atoms with van der Waals surface area (Å²) in [6.07, 6.45) is 2.84. The summed E-state index contributed by atoms with van der Waals surface area (Å²) >= 11 is 0. The standard InChI is InChI=1S/C14H15NO3/c1-17-8-6-10-13(12(7-8)18-2)15-11-5-3-4-9(11)14(10)16/h6-7H,3-5H2,1-2H3,(H,15,16). The third-order valence-corrected chi connectivity index (χ3v) is 3.54. The predicted octanol–water partition coefficient (Wildman–Crippen LogP) is 2.03. The van der Waals surface area contributed by atoms with Crippen molar-refractivity contribution in [2.45, 2.75) is 19.3 Å². The normalized spacial score (nSPS) is 13.7. The van der Waals surface area contributed by atoms with E-state index in [-0.39, 0.29) is 5.43 Å². The van der Waals surface area contributed by atoms with E-state index in [1.165, 1.54) is 0 Å². The van der Waals surface area contributed by atoms with Gasteiger partial charge in [0.05, 0.1) is 25.1 Å². The van der Waals surface area contributed by atoms with Crippen LogP contribution >= 0.6 is 0 Å². The quantitative estimate of drug-likeness (QED) is 0.880. The molecular weight excluding hydrogens is 230 g/mol. The van der Waals surface area contributed by atoms with Crippen LogP contribution < -0.4 is 14.9 Å². The van der Waals surface area contributed by atoms with Crippen LogP contribution in [0.1, 0.15) is 17.7 Å². The monoisotopic (exact) mass is 245 g/mol. The Morgan fingerprint density at radius 2 is 2.00 bits per heavy atom. The van der Waals surface area contributed by atoms with Crippen molar-refractivity contribution in [3.8, 4) is 11.5 Å². The van der Waals surface area contributed by atoms with Gasteiger partial charge in [-0.15, -0.1) is 0 Å². The largest absolute Gasteiger partial charge is 0.497 e. The SMILES string of the molecule is COc1cc(OC)c2[nH]c3c(c(=O)c2c1)CCC3. The maximum Gasteiger partial charge on any atom is 0.193 e. The van der Waals surface area contributed by atoms with Crippen LogP contribution in [0.15, 0.2) is 16.9 Å². The van der Waals surface area contributed by atoms with Crippen molar-refractivity contribution in [1.82, 2.24) is 4.98 Å². The van der Waals surface area contributed by atoms with Gasteiger partial charge >= 0.3 is 0 Å². The second-order valence-corrected chi connectivity index (χ2v) is 4.52. The third-order valence-electron chi connectivity index (χ3n) is 3.54. The van der Waals surface area contributed by atoms with Crippen LogP contribution in [0.3, 0.4) is 0 Å². The number of benzene rings is 1. The highest BCUT2D eigenvalue weighted by Crippen LogP contribution is 2.30. The van der Waals surface area contributed by atoms with Gasteiger partial charge in [0.2, 0.25) is 0 Å². The molecule has 1 aromatic heterocycles. The zero-order valence-corrected chi connectivity index (χ0v) is 10.5. The molecule has 0 spiro atoms. The van der Waals surface area contributed by atoms with Gasteiger partial charge in [-0.3, -0.25) is 4.79 Å². The van der Waals surface area contributed by atoms with E-state index in [1.807, 2.05) is 0 Å². The minimum atomic E-state index is 0.105. The first-order valence-corrected chi connectivity index (χ1v) is 6.04. The lowest BCUT2D eigenvalue weighted by Gasteiger charge is -2.10. The number of pyridine rings is 1. The molecule has 0 saturated carbocycles. The van der Waals surface area contributed by atoms with E-state index < -0.39 is 0 Å². The second-order valence-electron chi connectivity index (χ2n) is 4.52. The van der Waals surface area contributed by atoms with Crippen LogP contribution in [0.25, 0.3) is 10.9 Å². The fourth-order valence-electron chi connectivity index (χ4n) is 2.62. The second kappa shape index (κ2) is 4.05. The molecule has 1 heterocycles. The molecule has 3 rings (SSSR count). The lowest BCUT2D eigenvalue weighted by molar-refractivity contribution is 0.397. The Morgan fingerprint density at radius 1 is 1.17 bits per heavy atom. The van der Waals surface area contributed by atoms with Crippen molar-refractivity contribution in [2.75, 3.05) is 14.2 Å². The van der Waals surface area contributed by atoms with Crippen molar-refractivity contribution in [1.29, 1.82) is 0 Å². The van der Waals surface area contributed by atoms with E-state index in [0.717, 1.165) is 36.0 Å². The van der Waals surface area contributed by atoms with Crippen LogP contribution in [0, 0.1) is 0 Å². The number of methoxy groups -OCH3 is 2. The molecular formula is C14H15NO3. The van der Waals surface area contributed by atoms with Gasteiger partial charge in [0.15, 0.2) is 5.43 Å². The van der Waals surface area contributed by atoms with E-state index in [1.54, 1.807) is 26.4 Å². The maximum absolute atomic E-state index is 12.4. The molecule has 0 aliphatic heterocycles. The minimum Gasteiger partial charge on any atom is -0.497 e. The van der Waals surface area contributed by atoms with Crippen LogP contribution in [-0.2, 0) is 12.8 Å². The average Bonchev–Trinajstić information content (AvgIpc) is 2.86. The smallest absolute Gasteiger partial charge is 0.193 e. The van der Waals surface area contributed by atoms with Gasteiger partial charge in [0.1, 0.15) is 11.5 Å². The summed E-state index contributed by atoms with van der Waals surface area (Å²) in [5.41, 5.74) is 2.84. The summed E-state index contributed by atoms with van der Waals surface area (Å²) < 4.78 is 10.5. The lowest BCUT2D eigenvalue weighted by Crippen LogP contribution is -2.11. The molecule has 0 radical (unpaired) electrons. The molecule has 0 fully saturated rings. The van der Waals surface area contributed by atoms with E-state index in [9.17, 15) is 4.79 Å². The summed E-state index contributed by atoms with van der Waals surface area (Å²) in [7, 11) is 3.18. The number of rotatable bonds is 2. The Morgan fingerprint density at radius 3 is 2.72 bits per heavy atom. The Labute approximate surface area is 105 Å². The third kappa shape index (κ3) is 1.49. The topological polar surface area (TPSA) is 51.3 Å². The highest BCUT2D eigenvalue weighted by atomic mass is 16.5. The van der Waals surface area contributed by atoms with E-state index in [2.05, 4.69) is 4.98 Å². The molecule has 1 N–H and O–H groups in total. The van der Waals surface area contributed by atoms with Gasteiger partial charge in [-0.2, -0.15) is 0 Å². The number of fused-ring (bicyclic) bond motifs is 2. The molecule has 0 atom stereocenters. The van der Waals surface area contributed by atoms with Gasteiger partial charge in [0, 0.05) is 17.3 Å². The van der Waals surface area contributed by atoms with Crippen molar-refractivity contribution in [3.63, 3.8) is 0 Å². The number of H-pyrrole nitrogens is 1. The van der Waals surface area contributed by atoms with Crippen molar-refractivity contribution < 1.29 is 9.47 Å². The van der Waals surface area contributed by atoms with Gasteiger partial charge in [-0.05, 0) is 25.3 Å². The van der Waals surface area contributed by atoms with Crippen LogP contribution in [-0.4, -0.2) is 19.2 Å². The molecule has 18 heavy (non-hydrogen) atoms. The molecule has 2 aromatic rings. The first kappa shape index (κ1) is 11.1. The Kier molecular flexibility index (Phi) is 2.51. The molecule has 0 bridgehead atoms. The van der Waals surface area contributed by atoms with Crippen molar-refractivity contribution >= 4 is 10.9 Å². The lowest BCUT2D eigenvalue weighted by atomic mass is 10.1. The molecule has 4 nitrogen and oxygen atoms in total. The van der Waals surface area contributed by atoms with Gasteiger partial charge in [-0.1, -0.05) is 0 Å². The zero-order chi connectivity index (χ0) is 12.7. The first-order valence-electron chi connectivity index (χ1n) is 6.04. The summed E-state index contributed by atoms with van der Waals surface area (Å²) in [5.74, 6) is 1.29. The molecule has 1 aliphatic rings. The highest BCUT2D eigenvalue weighted by molar-refractivity contribution is 5.87. The molecule has 0 saturated heterocycles. The summed E-state index contributed by atoms with van der Waals surface area (Å²) in [6.45, 7) is 0. The predicted molar refractivity (Wildman–Crippen MR) is 69.7 cm³/mol. The number of aromatic amines is 1. The Hall–Kier alpha value is -1.97. The number of aromatic nitrogens is 1. The van der Waals surface area contributed by atoms with Gasteiger partial charge in [0.25, 0.3) is 0 Å². The van der Waals surface area contributed by atoms with Crippen LogP contribution in [0.2, 0.25) is 0 Å². The number of nitrogens with one attached hydrogen (secondary N) is 1. The van der Waals surface area contributed by atoms with E-state index >= 15 is 0 Å². The molecule has 1 aliphatic carbocycles. The van der Waals surface area contributed by atoms with Gasteiger partial charge < -0.3 is 14.5 Å². The highest BCUT2D eigenvalue weighted by Gasteiger charge is 2.19. The summed E-state index contributed by atoms with van der Waals surface area (Å²) in [6, 6.07) is 3.56.